The lowest BCUT2D eigenvalue weighted by Crippen LogP contribution is -2.32. The average Bonchev–Trinajstić information content (AvgIpc) is 3.42. The molecule has 0 bridgehead atoms. The van der Waals surface area contributed by atoms with Crippen molar-refractivity contribution in [1.29, 1.82) is 0 Å². The van der Waals surface area contributed by atoms with Crippen molar-refractivity contribution in [2.45, 2.75) is 38.3 Å². The number of aromatic nitrogens is 2. The Bertz CT molecular complexity index is 1170. The van der Waals surface area contributed by atoms with Crippen LogP contribution in [0.25, 0.3) is 0 Å². The molecular formula is C22H24ClFN4O3S. The summed E-state index contributed by atoms with van der Waals surface area (Å²) in [5, 5.41) is 3.85. The van der Waals surface area contributed by atoms with Crippen LogP contribution in [-0.2, 0) is 9.84 Å². The zero-order valence-electron chi connectivity index (χ0n) is 17.8. The van der Waals surface area contributed by atoms with Gasteiger partial charge in [-0.05, 0) is 43.2 Å². The van der Waals surface area contributed by atoms with Crippen molar-refractivity contribution in [2.75, 3.05) is 17.7 Å². The first-order valence-corrected chi connectivity index (χ1v) is 12.6. The number of hydrogen-bond donors (Lipinski definition) is 1. The Morgan fingerprint density at radius 1 is 1.31 bits per heavy atom. The Morgan fingerprint density at radius 3 is 2.69 bits per heavy atom. The van der Waals surface area contributed by atoms with Gasteiger partial charge < -0.3 is 10.2 Å². The van der Waals surface area contributed by atoms with Gasteiger partial charge in [-0.1, -0.05) is 29.8 Å². The highest BCUT2D eigenvalue weighted by atomic mass is 35.5. The Balaban J connectivity index is 1.53. The molecule has 1 saturated carbocycles. The summed E-state index contributed by atoms with van der Waals surface area (Å²) >= 11 is 6.32. The molecule has 1 amide bonds. The number of hydrogen-bond acceptors (Lipinski definition) is 6. The lowest BCUT2D eigenvalue weighted by molar-refractivity contribution is 0.0941. The Morgan fingerprint density at radius 2 is 2.06 bits per heavy atom. The molecule has 4 rings (SSSR count). The third-order valence-electron chi connectivity index (χ3n) is 6.05. The summed E-state index contributed by atoms with van der Waals surface area (Å²) < 4.78 is 36.6. The Kier molecular flexibility index (Phi) is 5.98. The largest absolute Gasteiger partial charge is 0.348 e. The van der Waals surface area contributed by atoms with Crippen LogP contribution in [0.1, 0.15) is 48.3 Å². The maximum Gasteiger partial charge on any atom is 0.271 e. The topological polar surface area (TPSA) is 92.3 Å². The molecule has 0 radical (unpaired) electrons. The van der Waals surface area contributed by atoms with Crippen molar-refractivity contribution >= 4 is 33.2 Å². The summed E-state index contributed by atoms with van der Waals surface area (Å²) in [7, 11) is -3.27. The van der Waals surface area contributed by atoms with Gasteiger partial charge in [-0.25, -0.2) is 22.8 Å². The number of halogens is 2. The van der Waals surface area contributed by atoms with Crippen molar-refractivity contribution < 1.29 is 17.6 Å². The number of nitrogens with one attached hydrogen (secondary N) is 1. The van der Waals surface area contributed by atoms with E-state index in [2.05, 4.69) is 20.2 Å². The molecule has 1 aromatic heterocycles. The Labute approximate surface area is 191 Å². The van der Waals surface area contributed by atoms with Crippen LogP contribution in [0.5, 0.6) is 0 Å². The number of rotatable bonds is 6. The molecule has 2 aromatic rings. The van der Waals surface area contributed by atoms with Gasteiger partial charge in [0.2, 0.25) is 0 Å². The molecule has 2 atom stereocenters. The first kappa shape index (κ1) is 22.7. The summed E-state index contributed by atoms with van der Waals surface area (Å²) in [5.74, 6) is -0.302. The second-order valence-corrected chi connectivity index (χ2v) is 10.8. The summed E-state index contributed by atoms with van der Waals surface area (Å²) in [6, 6.07) is 4.29. The first-order chi connectivity index (χ1) is 15.1. The second-order valence-electron chi connectivity index (χ2n) is 8.53. The summed E-state index contributed by atoms with van der Waals surface area (Å²) in [5.41, 5.74) is 0.932. The molecule has 2 heterocycles. The summed E-state index contributed by atoms with van der Waals surface area (Å²) in [4.78, 5) is 23.2. The monoisotopic (exact) mass is 478 g/mol. The number of carbonyl (C=O) groups excluding carboxylic acids is 1. The van der Waals surface area contributed by atoms with E-state index in [1.807, 2.05) is 6.07 Å². The molecule has 10 heteroatoms. The maximum atomic E-state index is 14.1. The van der Waals surface area contributed by atoms with Crippen LogP contribution in [0.2, 0.25) is 5.02 Å². The van der Waals surface area contributed by atoms with E-state index in [1.165, 1.54) is 24.5 Å². The fourth-order valence-corrected chi connectivity index (χ4v) is 5.03. The number of amides is 1. The molecule has 170 valence electrons. The smallest absolute Gasteiger partial charge is 0.271 e. The van der Waals surface area contributed by atoms with Gasteiger partial charge in [-0.3, -0.25) is 4.79 Å². The lowest BCUT2D eigenvalue weighted by atomic mass is 9.90. The minimum absolute atomic E-state index is 0.0660. The molecule has 2 aliphatic rings. The van der Waals surface area contributed by atoms with Gasteiger partial charge in [-0.2, -0.15) is 0 Å². The van der Waals surface area contributed by atoms with E-state index >= 15 is 0 Å². The highest BCUT2D eigenvalue weighted by molar-refractivity contribution is 7.93. The van der Waals surface area contributed by atoms with Gasteiger partial charge >= 0.3 is 0 Å². The SMILES string of the molecule is C[C@H](/C=C/S(C)(=O)=O)NC(=O)c1cnc(N2CCC3(CC3)C2c2cccc(F)c2Cl)cn1. The molecule has 32 heavy (non-hydrogen) atoms. The maximum absolute atomic E-state index is 14.1. The Hall–Kier alpha value is -2.52. The molecule has 1 aliphatic heterocycles. The summed E-state index contributed by atoms with van der Waals surface area (Å²) in [6.07, 6.45) is 8.45. The van der Waals surface area contributed by atoms with Gasteiger partial charge in [0.15, 0.2) is 9.84 Å². The van der Waals surface area contributed by atoms with E-state index in [0.29, 0.717) is 5.82 Å². The van der Waals surface area contributed by atoms with E-state index in [0.717, 1.165) is 43.0 Å². The van der Waals surface area contributed by atoms with Gasteiger partial charge in [0.1, 0.15) is 17.3 Å². The molecular weight excluding hydrogens is 455 g/mol. The summed E-state index contributed by atoms with van der Waals surface area (Å²) in [6.45, 7) is 2.40. The van der Waals surface area contributed by atoms with Crippen LogP contribution >= 0.6 is 11.6 Å². The van der Waals surface area contributed by atoms with Gasteiger partial charge in [0.05, 0.1) is 23.5 Å². The van der Waals surface area contributed by atoms with Crippen molar-refractivity contribution in [3.8, 4) is 0 Å². The van der Waals surface area contributed by atoms with Crippen LogP contribution in [0.15, 0.2) is 42.1 Å². The lowest BCUT2D eigenvalue weighted by Gasteiger charge is -2.30. The van der Waals surface area contributed by atoms with E-state index in [1.54, 1.807) is 13.0 Å². The molecule has 1 N–H and O–H groups in total. The fourth-order valence-electron chi connectivity index (χ4n) is 4.28. The number of benzene rings is 1. The average molecular weight is 479 g/mol. The van der Waals surface area contributed by atoms with Crippen LogP contribution in [-0.4, -0.2) is 43.1 Å². The third-order valence-corrected chi connectivity index (χ3v) is 7.10. The first-order valence-electron chi connectivity index (χ1n) is 10.3. The molecule has 2 fully saturated rings. The number of carbonyl (C=O) groups is 1. The highest BCUT2D eigenvalue weighted by Crippen LogP contribution is 2.64. The molecule has 1 saturated heterocycles. The van der Waals surface area contributed by atoms with Crippen molar-refractivity contribution in [2.24, 2.45) is 5.41 Å². The van der Waals surface area contributed by atoms with Crippen LogP contribution in [0.3, 0.4) is 0 Å². The molecule has 7 nitrogen and oxygen atoms in total. The van der Waals surface area contributed by atoms with Crippen molar-refractivity contribution in [3.63, 3.8) is 0 Å². The minimum Gasteiger partial charge on any atom is -0.348 e. The number of sulfone groups is 1. The second kappa shape index (κ2) is 8.44. The van der Waals surface area contributed by atoms with E-state index < -0.39 is 27.6 Å². The van der Waals surface area contributed by atoms with E-state index in [-0.39, 0.29) is 22.2 Å². The number of anilines is 1. The van der Waals surface area contributed by atoms with Gasteiger partial charge in [0.25, 0.3) is 5.91 Å². The molecule has 1 aromatic carbocycles. The van der Waals surface area contributed by atoms with Crippen LogP contribution < -0.4 is 10.2 Å². The van der Waals surface area contributed by atoms with Gasteiger partial charge in [-0.15, -0.1) is 0 Å². The standard InChI is InChI=1S/C22H24ClFN4O3S/c1-14(6-11-32(2,30)31)27-21(29)17-12-26-18(13-25-17)28-10-9-22(7-8-22)20(28)15-4-3-5-16(24)19(15)23/h3-6,11-14,20H,7-10H2,1-2H3,(H,27,29)/b11-6+/t14-,20?/m1/s1. The predicted molar refractivity (Wildman–Crippen MR) is 121 cm³/mol. The zero-order valence-corrected chi connectivity index (χ0v) is 19.3. The van der Waals surface area contributed by atoms with Crippen LogP contribution in [0, 0.1) is 11.2 Å². The third kappa shape index (κ3) is 4.63. The van der Waals surface area contributed by atoms with Crippen molar-refractivity contribution in [3.05, 3.63) is 64.2 Å². The normalized spacial score (nSPS) is 20.6. The van der Waals surface area contributed by atoms with E-state index in [4.69, 9.17) is 11.6 Å². The number of nitrogens with zero attached hydrogens (tertiary/aromatic N) is 3. The van der Waals surface area contributed by atoms with Crippen molar-refractivity contribution in [1.82, 2.24) is 15.3 Å². The molecule has 1 aliphatic carbocycles. The fraction of sp³-hybridized carbons (Fsp3) is 0.409. The minimum atomic E-state index is -3.27. The highest BCUT2D eigenvalue weighted by Gasteiger charge is 2.56. The zero-order chi connectivity index (χ0) is 23.1. The van der Waals surface area contributed by atoms with Crippen LogP contribution in [0.4, 0.5) is 10.2 Å². The van der Waals surface area contributed by atoms with Gasteiger partial charge in [0, 0.05) is 24.3 Å². The van der Waals surface area contributed by atoms with E-state index in [9.17, 15) is 17.6 Å². The molecule has 1 unspecified atom stereocenters. The molecule has 1 spiro atoms. The quantitative estimate of drug-likeness (QED) is 0.681. The predicted octanol–water partition coefficient (Wildman–Crippen LogP) is 3.68.